The fourth-order valence-electron chi connectivity index (χ4n) is 1.56. The van der Waals surface area contributed by atoms with Crippen molar-refractivity contribution in [3.8, 4) is 11.8 Å². The Kier molecular flexibility index (Phi) is 8.13. The van der Waals surface area contributed by atoms with Gasteiger partial charge in [0.1, 0.15) is 0 Å². The van der Waals surface area contributed by atoms with Crippen molar-refractivity contribution in [1.29, 1.82) is 0 Å². The van der Waals surface area contributed by atoms with Crippen molar-refractivity contribution in [3.63, 3.8) is 0 Å². The fourth-order valence-corrected chi connectivity index (χ4v) is 1.56. The summed E-state index contributed by atoms with van der Waals surface area (Å²) >= 11 is 0. The summed E-state index contributed by atoms with van der Waals surface area (Å²) in [5.74, 6) is 5.77. The molecule has 0 aliphatic heterocycles. The van der Waals surface area contributed by atoms with E-state index in [9.17, 15) is 4.79 Å². The summed E-state index contributed by atoms with van der Waals surface area (Å²) in [6.45, 7) is 4.11. The highest BCUT2D eigenvalue weighted by molar-refractivity contribution is 5.75. The molecule has 0 aromatic heterocycles. The number of ether oxygens (including phenoxy) is 1. The number of amides is 1. The second-order valence-corrected chi connectivity index (χ2v) is 4.34. The molecule has 4 nitrogen and oxygen atoms in total. The molecule has 0 atom stereocenters. The van der Waals surface area contributed by atoms with Gasteiger partial charge in [0.05, 0.1) is 13.2 Å². The molecule has 1 amide bonds. The van der Waals surface area contributed by atoms with Crippen LogP contribution < -0.4 is 11.1 Å². The van der Waals surface area contributed by atoms with E-state index < -0.39 is 0 Å². The Bertz CT molecular complexity index is 458. The molecule has 0 aliphatic carbocycles. The molecule has 4 heteroatoms. The van der Waals surface area contributed by atoms with E-state index in [1.165, 1.54) is 0 Å². The number of benzene rings is 1. The Labute approximate surface area is 120 Å². The van der Waals surface area contributed by atoms with Crippen LogP contribution in [-0.2, 0) is 16.1 Å². The SMILES string of the molecule is CCCOCCC(=O)NCc1ccc(C#CCN)cc1. The van der Waals surface area contributed by atoms with Gasteiger partial charge in [0.15, 0.2) is 0 Å². The first-order chi connectivity index (χ1) is 9.76. The van der Waals surface area contributed by atoms with Crippen molar-refractivity contribution in [1.82, 2.24) is 5.32 Å². The van der Waals surface area contributed by atoms with E-state index in [2.05, 4.69) is 17.2 Å². The third-order valence-corrected chi connectivity index (χ3v) is 2.60. The zero-order valence-electron chi connectivity index (χ0n) is 11.9. The van der Waals surface area contributed by atoms with Crippen molar-refractivity contribution in [2.75, 3.05) is 19.8 Å². The van der Waals surface area contributed by atoms with Gasteiger partial charge in [0, 0.05) is 25.1 Å². The Morgan fingerprint density at radius 1 is 1.30 bits per heavy atom. The largest absolute Gasteiger partial charge is 0.381 e. The van der Waals surface area contributed by atoms with Crippen LogP contribution in [0.2, 0.25) is 0 Å². The van der Waals surface area contributed by atoms with Crippen LogP contribution in [0.1, 0.15) is 30.9 Å². The second kappa shape index (κ2) is 10.0. The van der Waals surface area contributed by atoms with Crippen LogP contribution >= 0.6 is 0 Å². The predicted octanol–water partition coefficient (Wildman–Crippen LogP) is 1.43. The average Bonchev–Trinajstić information content (AvgIpc) is 2.48. The van der Waals surface area contributed by atoms with Gasteiger partial charge in [-0.25, -0.2) is 0 Å². The third kappa shape index (κ3) is 6.93. The number of hydrogen-bond acceptors (Lipinski definition) is 3. The highest BCUT2D eigenvalue weighted by atomic mass is 16.5. The lowest BCUT2D eigenvalue weighted by Crippen LogP contribution is -2.23. The van der Waals surface area contributed by atoms with Crippen LogP contribution in [0.4, 0.5) is 0 Å². The van der Waals surface area contributed by atoms with E-state index in [1.807, 2.05) is 31.2 Å². The van der Waals surface area contributed by atoms with Gasteiger partial charge in [-0.3, -0.25) is 4.79 Å². The number of carbonyl (C=O) groups excluding carboxylic acids is 1. The number of nitrogens with two attached hydrogens (primary N) is 1. The molecule has 3 N–H and O–H groups in total. The van der Waals surface area contributed by atoms with Crippen LogP contribution in [0.15, 0.2) is 24.3 Å². The standard InChI is InChI=1S/C16H22N2O2/c1-2-11-20-12-9-16(19)18-13-15-7-5-14(6-8-15)4-3-10-17/h5-8H,2,9-13,17H2,1H3,(H,18,19). The summed E-state index contributed by atoms with van der Waals surface area (Å²) < 4.78 is 5.27. The second-order valence-electron chi connectivity index (χ2n) is 4.34. The molecule has 0 spiro atoms. The smallest absolute Gasteiger partial charge is 0.222 e. The topological polar surface area (TPSA) is 64.3 Å². The van der Waals surface area contributed by atoms with Gasteiger partial charge in [-0.15, -0.1) is 0 Å². The highest BCUT2D eigenvalue weighted by Crippen LogP contribution is 2.03. The van der Waals surface area contributed by atoms with E-state index >= 15 is 0 Å². The first-order valence-corrected chi connectivity index (χ1v) is 6.88. The average molecular weight is 274 g/mol. The molecule has 0 aliphatic rings. The fraction of sp³-hybridized carbons (Fsp3) is 0.438. The lowest BCUT2D eigenvalue weighted by molar-refractivity contribution is -0.122. The summed E-state index contributed by atoms with van der Waals surface area (Å²) in [7, 11) is 0. The first kappa shape index (κ1) is 16.2. The molecule has 0 unspecified atom stereocenters. The van der Waals surface area contributed by atoms with Crippen molar-refractivity contribution >= 4 is 5.91 Å². The van der Waals surface area contributed by atoms with Crippen LogP contribution in [0.5, 0.6) is 0 Å². The minimum Gasteiger partial charge on any atom is -0.381 e. The monoisotopic (exact) mass is 274 g/mol. The van der Waals surface area contributed by atoms with E-state index in [0.717, 1.165) is 17.5 Å². The molecule has 0 bridgehead atoms. The van der Waals surface area contributed by atoms with Gasteiger partial charge in [0.25, 0.3) is 0 Å². The molecule has 108 valence electrons. The lowest BCUT2D eigenvalue weighted by atomic mass is 10.1. The van der Waals surface area contributed by atoms with E-state index in [1.54, 1.807) is 0 Å². The highest BCUT2D eigenvalue weighted by Gasteiger charge is 2.01. The quantitative estimate of drug-likeness (QED) is 0.584. The van der Waals surface area contributed by atoms with Gasteiger partial charge in [-0.2, -0.15) is 0 Å². The van der Waals surface area contributed by atoms with Gasteiger partial charge in [0.2, 0.25) is 5.91 Å². The predicted molar refractivity (Wildman–Crippen MR) is 79.9 cm³/mol. The summed E-state index contributed by atoms with van der Waals surface area (Å²) in [6.07, 6.45) is 1.38. The minimum absolute atomic E-state index is 0.00750. The number of nitrogens with one attached hydrogen (secondary N) is 1. The molecule has 1 aromatic rings. The molecule has 0 saturated carbocycles. The number of rotatable bonds is 7. The maximum absolute atomic E-state index is 11.6. The molecule has 0 radical (unpaired) electrons. The molecule has 1 aromatic carbocycles. The normalized spacial score (nSPS) is 9.70. The third-order valence-electron chi connectivity index (χ3n) is 2.60. The first-order valence-electron chi connectivity index (χ1n) is 6.88. The Morgan fingerprint density at radius 2 is 2.05 bits per heavy atom. The maximum Gasteiger partial charge on any atom is 0.222 e. The zero-order chi connectivity index (χ0) is 14.6. The molecule has 0 fully saturated rings. The van der Waals surface area contributed by atoms with Crippen molar-refractivity contribution in [3.05, 3.63) is 35.4 Å². The molecule has 20 heavy (non-hydrogen) atoms. The van der Waals surface area contributed by atoms with Crippen LogP contribution in [0.25, 0.3) is 0 Å². The lowest BCUT2D eigenvalue weighted by Gasteiger charge is -2.06. The van der Waals surface area contributed by atoms with E-state index in [0.29, 0.717) is 32.7 Å². The summed E-state index contributed by atoms with van der Waals surface area (Å²) in [5, 5.41) is 2.86. The van der Waals surface area contributed by atoms with Crippen molar-refractivity contribution in [2.45, 2.75) is 26.3 Å². The Balaban J connectivity index is 2.29. The van der Waals surface area contributed by atoms with Crippen LogP contribution in [-0.4, -0.2) is 25.7 Å². The summed E-state index contributed by atoms with van der Waals surface area (Å²) in [4.78, 5) is 11.6. The molecule has 0 heterocycles. The summed E-state index contributed by atoms with van der Waals surface area (Å²) in [6, 6.07) is 7.76. The van der Waals surface area contributed by atoms with E-state index in [-0.39, 0.29) is 5.91 Å². The van der Waals surface area contributed by atoms with Gasteiger partial charge >= 0.3 is 0 Å². The van der Waals surface area contributed by atoms with Crippen LogP contribution in [0.3, 0.4) is 0 Å². The van der Waals surface area contributed by atoms with E-state index in [4.69, 9.17) is 10.5 Å². The Morgan fingerprint density at radius 3 is 2.70 bits per heavy atom. The molecular formula is C16H22N2O2. The zero-order valence-corrected chi connectivity index (χ0v) is 11.9. The van der Waals surface area contributed by atoms with Crippen molar-refractivity contribution in [2.24, 2.45) is 5.73 Å². The number of carbonyl (C=O) groups is 1. The molecule has 1 rings (SSSR count). The van der Waals surface area contributed by atoms with Crippen molar-refractivity contribution < 1.29 is 9.53 Å². The summed E-state index contributed by atoms with van der Waals surface area (Å²) in [5.41, 5.74) is 7.29. The maximum atomic E-state index is 11.6. The van der Waals surface area contributed by atoms with Gasteiger partial charge < -0.3 is 15.8 Å². The molecular weight excluding hydrogens is 252 g/mol. The molecule has 0 saturated heterocycles. The van der Waals surface area contributed by atoms with Gasteiger partial charge in [-0.05, 0) is 24.1 Å². The number of hydrogen-bond donors (Lipinski definition) is 2. The van der Waals surface area contributed by atoms with Crippen LogP contribution in [0, 0.1) is 11.8 Å². The minimum atomic E-state index is 0.00750. The Hall–Kier alpha value is -1.83. The van der Waals surface area contributed by atoms with Gasteiger partial charge in [-0.1, -0.05) is 30.9 Å².